The third-order valence-corrected chi connectivity index (χ3v) is 4.06. The van der Waals surface area contributed by atoms with Gasteiger partial charge in [0, 0.05) is 5.69 Å². The Hall–Kier alpha value is -0.390. The molecule has 0 bridgehead atoms. The summed E-state index contributed by atoms with van der Waals surface area (Å²) < 4.78 is 16.3. The molecule has 0 radical (unpaired) electrons. The molecule has 3 nitrogen and oxygen atoms in total. The fourth-order valence-electron chi connectivity index (χ4n) is 1.24. The number of unbranched alkanes of at least 4 members (excludes halogenated alkanes) is 1. The van der Waals surface area contributed by atoms with Gasteiger partial charge in [0.25, 0.3) is 0 Å². The summed E-state index contributed by atoms with van der Waals surface area (Å²) in [6.45, 7) is 5.77. The van der Waals surface area contributed by atoms with E-state index in [1.54, 1.807) is 6.21 Å². The lowest BCUT2D eigenvalue weighted by molar-refractivity contribution is 0.561. The van der Waals surface area contributed by atoms with E-state index in [1.165, 1.54) is 0 Å². The quantitative estimate of drug-likeness (QED) is 0.357. The Morgan fingerprint density at radius 1 is 1.44 bits per heavy atom. The summed E-state index contributed by atoms with van der Waals surface area (Å²) in [5.41, 5.74) is 1.06. The smallest absolute Gasteiger partial charge is 0.144 e. The molecule has 0 aliphatic carbocycles. The standard InChI is InChI=1S/C13H19BrN2OS/c1-13(2,3)18(17)15-10-5-4-7-11-8-6-9-12(14)16-11/h6,8-10H,4-5,7H2,1-3H3. The summed E-state index contributed by atoms with van der Waals surface area (Å²) in [5.74, 6) is 0. The summed E-state index contributed by atoms with van der Waals surface area (Å²) in [6.07, 6.45) is 4.47. The van der Waals surface area contributed by atoms with Crippen LogP contribution in [0.3, 0.4) is 0 Å². The van der Waals surface area contributed by atoms with E-state index >= 15 is 0 Å². The number of pyridine rings is 1. The van der Waals surface area contributed by atoms with Crippen LogP contribution in [0, 0.1) is 0 Å². The number of nitrogens with zero attached hydrogens (tertiary/aromatic N) is 2. The van der Waals surface area contributed by atoms with E-state index in [0.29, 0.717) is 0 Å². The Bertz CT molecular complexity index is 404. The zero-order valence-electron chi connectivity index (χ0n) is 11.0. The number of hydrogen-bond acceptors (Lipinski definition) is 3. The summed E-state index contributed by atoms with van der Waals surface area (Å²) in [4.78, 5) is 4.36. The largest absolute Gasteiger partial charge is 0.591 e. The van der Waals surface area contributed by atoms with Crippen LogP contribution in [0.15, 0.2) is 27.2 Å². The molecule has 1 aromatic rings. The average molecular weight is 331 g/mol. The van der Waals surface area contributed by atoms with Gasteiger partial charge >= 0.3 is 0 Å². The van der Waals surface area contributed by atoms with Gasteiger partial charge in [-0.05, 0) is 68.1 Å². The first-order chi connectivity index (χ1) is 8.39. The van der Waals surface area contributed by atoms with Gasteiger partial charge in [-0.25, -0.2) is 4.98 Å². The van der Waals surface area contributed by atoms with Crippen LogP contribution in [0.2, 0.25) is 0 Å². The first kappa shape index (κ1) is 15.7. The van der Waals surface area contributed by atoms with Gasteiger partial charge in [0.1, 0.15) is 20.7 Å². The number of halogens is 1. The van der Waals surface area contributed by atoms with Gasteiger partial charge in [-0.2, -0.15) is 0 Å². The molecule has 0 saturated heterocycles. The zero-order chi connectivity index (χ0) is 13.6. The van der Waals surface area contributed by atoms with Gasteiger partial charge < -0.3 is 4.55 Å². The number of rotatable bonds is 5. The fourth-order valence-corrected chi connectivity index (χ4v) is 2.18. The van der Waals surface area contributed by atoms with Gasteiger partial charge in [0.2, 0.25) is 0 Å². The molecule has 18 heavy (non-hydrogen) atoms. The van der Waals surface area contributed by atoms with Gasteiger partial charge in [-0.1, -0.05) is 10.5 Å². The van der Waals surface area contributed by atoms with Crippen molar-refractivity contribution in [3.05, 3.63) is 28.5 Å². The zero-order valence-corrected chi connectivity index (χ0v) is 13.4. The maximum absolute atomic E-state index is 11.6. The van der Waals surface area contributed by atoms with Crippen LogP contribution in [-0.4, -0.2) is 20.5 Å². The molecule has 1 rings (SSSR count). The second-order valence-electron chi connectivity index (χ2n) is 4.99. The van der Waals surface area contributed by atoms with E-state index in [4.69, 9.17) is 0 Å². The minimum Gasteiger partial charge on any atom is -0.591 e. The molecule has 1 unspecified atom stereocenters. The third kappa shape index (κ3) is 5.98. The molecule has 1 atom stereocenters. The molecule has 0 aliphatic heterocycles. The third-order valence-electron chi connectivity index (χ3n) is 2.23. The molecule has 100 valence electrons. The van der Waals surface area contributed by atoms with Crippen molar-refractivity contribution >= 4 is 33.5 Å². The van der Waals surface area contributed by atoms with Crippen LogP contribution in [-0.2, 0) is 17.8 Å². The van der Waals surface area contributed by atoms with E-state index in [9.17, 15) is 4.55 Å². The lowest BCUT2D eigenvalue weighted by Crippen LogP contribution is -2.25. The molecule has 1 aromatic heterocycles. The Kier molecular flexibility index (Phi) is 6.32. The van der Waals surface area contributed by atoms with Crippen LogP contribution in [0.4, 0.5) is 0 Å². The predicted octanol–water partition coefficient (Wildman–Crippen LogP) is 3.70. The normalized spacial score (nSPS) is 14.1. The topological polar surface area (TPSA) is 48.3 Å². The Balaban J connectivity index is 2.29. The highest BCUT2D eigenvalue weighted by Crippen LogP contribution is 2.16. The second-order valence-corrected chi connectivity index (χ2v) is 7.74. The van der Waals surface area contributed by atoms with Crippen molar-refractivity contribution in [2.45, 2.75) is 44.8 Å². The minimum absolute atomic E-state index is 0.275. The molecule has 0 amide bonds. The maximum atomic E-state index is 11.6. The second kappa shape index (κ2) is 7.26. The Morgan fingerprint density at radius 2 is 2.17 bits per heavy atom. The first-order valence-electron chi connectivity index (χ1n) is 5.95. The number of aromatic nitrogens is 1. The summed E-state index contributed by atoms with van der Waals surface area (Å²) >= 11 is 2.21. The van der Waals surface area contributed by atoms with E-state index in [2.05, 4.69) is 25.3 Å². The Morgan fingerprint density at radius 3 is 2.78 bits per heavy atom. The first-order valence-corrected chi connectivity index (χ1v) is 7.85. The van der Waals surface area contributed by atoms with Crippen molar-refractivity contribution < 1.29 is 4.55 Å². The van der Waals surface area contributed by atoms with E-state index in [0.717, 1.165) is 29.6 Å². The van der Waals surface area contributed by atoms with E-state index in [1.807, 2.05) is 39.0 Å². The Labute approximate surface area is 121 Å². The molecular weight excluding hydrogens is 312 g/mol. The van der Waals surface area contributed by atoms with Crippen LogP contribution >= 0.6 is 15.9 Å². The summed E-state index contributed by atoms with van der Waals surface area (Å²) in [5, 5.41) is 0. The van der Waals surface area contributed by atoms with E-state index < -0.39 is 11.4 Å². The van der Waals surface area contributed by atoms with E-state index in [-0.39, 0.29) is 4.75 Å². The molecule has 0 fully saturated rings. The average Bonchev–Trinajstić information content (AvgIpc) is 2.27. The van der Waals surface area contributed by atoms with Crippen LogP contribution < -0.4 is 0 Å². The molecule has 0 spiro atoms. The molecular formula is C13H19BrN2OS. The molecule has 0 N–H and O–H groups in total. The van der Waals surface area contributed by atoms with Gasteiger partial charge in [0.15, 0.2) is 0 Å². The summed E-state index contributed by atoms with van der Waals surface area (Å²) in [7, 11) is 0. The highest BCUT2D eigenvalue weighted by Gasteiger charge is 2.25. The monoisotopic (exact) mass is 330 g/mol. The van der Waals surface area contributed by atoms with Crippen molar-refractivity contribution in [2.24, 2.45) is 4.40 Å². The highest BCUT2D eigenvalue weighted by molar-refractivity contribution is 9.10. The van der Waals surface area contributed by atoms with Crippen LogP contribution in [0.25, 0.3) is 0 Å². The van der Waals surface area contributed by atoms with Crippen LogP contribution in [0.5, 0.6) is 0 Å². The SMILES string of the molecule is CC(C)(C)[S+]([O-])N=CCCCc1cccc(Br)n1. The predicted molar refractivity (Wildman–Crippen MR) is 81.3 cm³/mol. The highest BCUT2D eigenvalue weighted by atomic mass is 79.9. The van der Waals surface area contributed by atoms with Crippen molar-refractivity contribution in [3.8, 4) is 0 Å². The molecule has 0 aliphatic rings. The van der Waals surface area contributed by atoms with Crippen molar-refractivity contribution in [3.63, 3.8) is 0 Å². The molecule has 0 aromatic carbocycles. The number of hydrogen-bond donors (Lipinski definition) is 0. The summed E-state index contributed by atoms with van der Waals surface area (Å²) in [6, 6.07) is 5.90. The maximum Gasteiger partial charge on any atom is 0.144 e. The minimum atomic E-state index is -1.14. The van der Waals surface area contributed by atoms with Crippen molar-refractivity contribution in [2.75, 3.05) is 0 Å². The fraction of sp³-hybridized carbons (Fsp3) is 0.538. The molecule has 0 saturated carbocycles. The lowest BCUT2D eigenvalue weighted by atomic mass is 10.2. The van der Waals surface area contributed by atoms with Crippen molar-refractivity contribution in [1.29, 1.82) is 0 Å². The molecule has 1 heterocycles. The lowest BCUT2D eigenvalue weighted by Gasteiger charge is -2.17. The van der Waals surface area contributed by atoms with Gasteiger partial charge in [-0.15, -0.1) is 0 Å². The van der Waals surface area contributed by atoms with Crippen LogP contribution in [0.1, 0.15) is 39.3 Å². The number of aryl methyl sites for hydroxylation is 1. The van der Waals surface area contributed by atoms with Gasteiger partial charge in [0.05, 0.1) is 6.21 Å². The molecule has 5 heteroatoms. The van der Waals surface area contributed by atoms with Gasteiger partial charge in [-0.3, -0.25) is 0 Å². The van der Waals surface area contributed by atoms with Crippen molar-refractivity contribution in [1.82, 2.24) is 4.98 Å².